The second-order valence-corrected chi connectivity index (χ2v) is 6.71. The molecular weight excluding hydrogens is 319 g/mol. The summed E-state index contributed by atoms with van der Waals surface area (Å²) in [5, 5.41) is 5.51. The number of amides is 3. The van der Waals surface area contributed by atoms with Gasteiger partial charge in [0.2, 0.25) is 5.91 Å². The van der Waals surface area contributed by atoms with E-state index in [0.29, 0.717) is 14.9 Å². The molecule has 2 N–H and O–H groups in total. The van der Waals surface area contributed by atoms with E-state index in [4.69, 9.17) is 23.2 Å². The lowest BCUT2D eigenvalue weighted by molar-refractivity contribution is -0.119. The summed E-state index contributed by atoms with van der Waals surface area (Å²) in [6, 6.07) is 4.92. The van der Waals surface area contributed by atoms with E-state index < -0.39 is 11.3 Å². The maximum Gasteiger partial charge on any atom is 0.321 e. The molecule has 1 atom stereocenters. The maximum absolute atomic E-state index is 11.9. The first-order valence-corrected chi connectivity index (χ1v) is 7.83. The lowest BCUT2D eigenvalue weighted by atomic mass is 10.4. The molecule has 3 amide bonds. The SMILES string of the molecule is CC(Sc1c(Cl)cccc1Cl)C(=O)NC(=O)NC1CC1. The molecule has 1 aromatic carbocycles. The smallest absolute Gasteiger partial charge is 0.321 e. The molecule has 0 spiro atoms. The maximum atomic E-state index is 11.9. The number of carbonyl (C=O) groups is 2. The molecule has 2 rings (SSSR count). The normalized spacial score (nSPS) is 15.6. The zero-order valence-corrected chi connectivity index (χ0v) is 13.1. The third-order valence-corrected chi connectivity index (χ3v) is 4.83. The van der Waals surface area contributed by atoms with Gasteiger partial charge < -0.3 is 5.32 Å². The highest BCUT2D eigenvalue weighted by molar-refractivity contribution is 8.00. The van der Waals surface area contributed by atoms with Crippen LogP contribution in [0.3, 0.4) is 0 Å². The monoisotopic (exact) mass is 332 g/mol. The van der Waals surface area contributed by atoms with Crippen LogP contribution in [0.5, 0.6) is 0 Å². The fraction of sp³-hybridized carbons (Fsp3) is 0.385. The van der Waals surface area contributed by atoms with Crippen LogP contribution in [0.25, 0.3) is 0 Å². The first-order valence-electron chi connectivity index (χ1n) is 6.19. The molecule has 20 heavy (non-hydrogen) atoms. The van der Waals surface area contributed by atoms with Crippen molar-refractivity contribution < 1.29 is 9.59 Å². The lowest BCUT2D eigenvalue weighted by Gasteiger charge is -2.13. The summed E-state index contributed by atoms with van der Waals surface area (Å²) >= 11 is 13.3. The molecule has 0 aromatic heterocycles. The standard InChI is InChI=1S/C13H14Cl2N2O2S/c1-7(12(18)17-13(19)16-8-5-6-8)20-11-9(14)3-2-4-10(11)15/h2-4,7-8H,5-6H2,1H3,(H2,16,17,18,19). The Kier molecular flexibility index (Phi) is 5.18. The molecule has 0 bridgehead atoms. The van der Waals surface area contributed by atoms with E-state index in [1.165, 1.54) is 11.8 Å². The molecular formula is C13H14Cl2N2O2S. The van der Waals surface area contributed by atoms with E-state index in [9.17, 15) is 9.59 Å². The van der Waals surface area contributed by atoms with Gasteiger partial charge in [0.1, 0.15) is 0 Å². The molecule has 0 saturated heterocycles. The molecule has 4 nitrogen and oxygen atoms in total. The van der Waals surface area contributed by atoms with E-state index in [2.05, 4.69) is 10.6 Å². The lowest BCUT2D eigenvalue weighted by Crippen LogP contribution is -2.43. The fourth-order valence-corrected chi connectivity index (χ4v) is 3.03. The van der Waals surface area contributed by atoms with Crippen molar-refractivity contribution in [2.45, 2.75) is 36.0 Å². The minimum Gasteiger partial charge on any atom is -0.335 e. The van der Waals surface area contributed by atoms with Crippen molar-refractivity contribution in [2.75, 3.05) is 0 Å². The van der Waals surface area contributed by atoms with Gasteiger partial charge in [0.25, 0.3) is 0 Å². The first kappa shape index (κ1) is 15.5. The number of nitrogens with one attached hydrogen (secondary N) is 2. The highest BCUT2D eigenvalue weighted by Gasteiger charge is 2.25. The van der Waals surface area contributed by atoms with E-state index in [1.54, 1.807) is 25.1 Å². The third kappa shape index (κ3) is 4.30. The fourth-order valence-electron chi connectivity index (χ4n) is 1.49. The predicted molar refractivity (Wildman–Crippen MR) is 81.5 cm³/mol. The predicted octanol–water partition coefficient (Wildman–Crippen LogP) is 3.46. The highest BCUT2D eigenvalue weighted by atomic mass is 35.5. The Balaban J connectivity index is 1.91. The van der Waals surface area contributed by atoms with Crippen molar-refractivity contribution in [3.8, 4) is 0 Å². The molecule has 1 aliphatic rings. The molecule has 0 heterocycles. The summed E-state index contributed by atoms with van der Waals surface area (Å²) in [4.78, 5) is 24.0. The average Bonchev–Trinajstić information content (AvgIpc) is 3.17. The van der Waals surface area contributed by atoms with Crippen LogP contribution in [0.1, 0.15) is 19.8 Å². The van der Waals surface area contributed by atoms with Crippen LogP contribution in [-0.4, -0.2) is 23.2 Å². The minimum atomic E-state index is -0.475. The minimum absolute atomic E-state index is 0.212. The van der Waals surface area contributed by atoms with Crippen molar-refractivity contribution in [1.29, 1.82) is 0 Å². The van der Waals surface area contributed by atoms with E-state index in [0.717, 1.165) is 12.8 Å². The number of hydrogen-bond acceptors (Lipinski definition) is 3. The second-order valence-electron chi connectivity index (χ2n) is 4.55. The zero-order valence-electron chi connectivity index (χ0n) is 10.8. The number of imide groups is 1. The summed E-state index contributed by atoms with van der Waals surface area (Å²) < 4.78 is 0. The molecule has 1 aromatic rings. The summed E-state index contributed by atoms with van der Waals surface area (Å²) in [6.07, 6.45) is 1.95. The molecule has 1 saturated carbocycles. The Labute approximate surface area is 131 Å². The molecule has 0 radical (unpaired) electrons. The quantitative estimate of drug-likeness (QED) is 0.830. The topological polar surface area (TPSA) is 58.2 Å². The van der Waals surface area contributed by atoms with Crippen molar-refractivity contribution in [3.05, 3.63) is 28.2 Å². The molecule has 1 aliphatic carbocycles. The van der Waals surface area contributed by atoms with Gasteiger partial charge in [0.05, 0.1) is 15.3 Å². The average molecular weight is 333 g/mol. The summed E-state index contributed by atoms with van der Waals surface area (Å²) in [7, 11) is 0. The van der Waals surface area contributed by atoms with Crippen molar-refractivity contribution in [3.63, 3.8) is 0 Å². The third-order valence-electron chi connectivity index (χ3n) is 2.73. The number of benzene rings is 1. The van der Waals surface area contributed by atoms with Crippen LogP contribution in [-0.2, 0) is 4.79 Å². The van der Waals surface area contributed by atoms with Crippen molar-refractivity contribution >= 4 is 46.9 Å². The number of rotatable bonds is 4. The Morgan fingerprint density at radius 1 is 1.30 bits per heavy atom. The number of urea groups is 1. The Bertz CT molecular complexity index is 515. The number of halogens is 2. The molecule has 1 fully saturated rings. The van der Waals surface area contributed by atoms with E-state index in [1.807, 2.05) is 0 Å². The Morgan fingerprint density at radius 2 is 1.90 bits per heavy atom. The van der Waals surface area contributed by atoms with Gasteiger partial charge in [-0.25, -0.2) is 4.79 Å². The number of carbonyl (C=O) groups excluding carboxylic acids is 2. The van der Waals surface area contributed by atoms with Gasteiger partial charge in [0, 0.05) is 10.9 Å². The molecule has 1 unspecified atom stereocenters. The van der Waals surface area contributed by atoms with Gasteiger partial charge in [-0.05, 0) is 31.9 Å². The van der Waals surface area contributed by atoms with Crippen molar-refractivity contribution in [2.24, 2.45) is 0 Å². The Hall–Kier alpha value is -0.910. The van der Waals surface area contributed by atoms with E-state index in [-0.39, 0.29) is 11.9 Å². The van der Waals surface area contributed by atoms with Crippen LogP contribution in [0.15, 0.2) is 23.1 Å². The Morgan fingerprint density at radius 3 is 2.45 bits per heavy atom. The molecule has 108 valence electrons. The summed E-state index contributed by atoms with van der Waals surface area (Å²) in [6.45, 7) is 1.70. The van der Waals surface area contributed by atoms with Gasteiger partial charge >= 0.3 is 6.03 Å². The van der Waals surface area contributed by atoms with Crippen LogP contribution in [0.2, 0.25) is 10.0 Å². The van der Waals surface area contributed by atoms with Gasteiger partial charge in [-0.2, -0.15) is 0 Å². The number of hydrogen-bond donors (Lipinski definition) is 2. The second kappa shape index (κ2) is 6.70. The highest BCUT2D eigenvalue weighted by Crippen LogP contribution is 2.36. The first-order chi connectivity index (χ1) is 9.47. The van der Waals surface area contributed by atoms with Crippen LogP contribution in [0.4, 0.5) is 4.79 Å². The van der Waals surface area contributed by atoms with Crippen LogP contribution >= 0.6 is 35.0 Å². The van der Waals surface area contributed by atoms with Gasteiger partial charge in [-0.1, -0.05) is 29.3 Å². The van der Waals surface area contributed by atoms with Gasteiger partial charge in [-0.15, -0.1) is 11.8 Å². The van der Waals surface area contributed by atoms with Gasteiger partial charge in [0.15, 0.2) is 0 Å². The van der Waals surface area contributed by atoms with Crippen LogP contribution < -0.4 is 10.6 Å². The molecule has 7 heteroatoms. The molecule has 0 aliphatic heterocycles. The van der Waals surface area contributed by atoms with E-state index >= 15 is 0 Å². The zero-order chi connectivity index (χ0) is 14.7. The van der Waals surface area contributed by atoms with Gasteiger partial charge in [-0.3, -0.25) is 10.1 Å². The van der Waals surface area contributed by atoms with Crippen molar-refractivity contribution in [1.82, 2.24) is 10.6 Å². The van der Waals surface area contributed by atoms with Crippen LogP contribution in [0, 0.1) is 0 Å². The number of thioether (sulfide) groups is 1. The largest absolute Gasteiger partial charge is 0.335 e. The summed E-state index contributed by atoms with van der Waals surface area (Å²) in [5.41, 5.74) is 0. The summed E-state index contributed by atoms with van der Waals surface area (Å²) in [5.74, 6) is -0.371.